The summed E-state index contributed by atoms with van der Waals surface area (Å²) in [6.45, 7) is 9.13. The average Bonchev–Trinajstić information content (AvgIpc) is 2.89. The molecule has 1 aromatic carbocycles. The Hall–Kier alpha value is -1.86. The van der Waals surface area contributed by atoms with Crippen molar-refractivity contribution in [3.8, 4) is 0 Å². The maximum atomic E-state index is 12.5. The summed E-state index contributed by atoms with van der Waals surface area (Å²) in [4.78, 5) is 16.1. The Bertz CT molecular complexity index is 655. The lowest BCUT2D eigenvalue weighted by Gasteiger charge is -2.27. The number of nitrogens with two attached hydrogens (primary N) is 2. The Morgan fingerprint density at radius 3 is 2.62 bits per heavy atom. The minimum absolute atomic E-state index is 0.280. The lowest BCUT2D eigenvalue weighted by Crippen LogP contribution is -2.39. The van der Waals surface area contributed by atoms with E-state index in [2.05, 4.69) is 0 Å². The Labute approximate surface area is 148 Å². The molecule has 1 heterocycles. The zero-order chi connectivity index (χ0) is 18.1. The topological polar surface area (TPSA) is 84.8 Å². The number of hydrogen-bond donors (Lipinski definition) is 2. The molecular formula is C17H26N4O2S. The Kier molecular flexibility index (Phi) is 5.35. The van der Waals surface area contributed by atoms with E-state index >= 15 is 0 Å². The van der Waals surface area contributed by atoms with Gasteiger partial charge in [0.1, 0.15) is 5.60 Å². The molecule has 0 saturated heterocycles. The molecule has 0 saturated carbocycles. The smallest absolute Gasteiger partial charge is 0.414 e. The fourth-order valence-electron chi connectivity index (χ4n) is 2.93. The summed E-state index contributed by atoms with van der Waals surface area (Å²) in [5.41, 5.74) is 14.9. The molecule has 6 nitrogen and oxygen atoms in total. The Balaban J connectivity index is 2.43. The van der Waals surface area contributed by atoms with Crippen molar-refractivity contribution in [1.29, 1.82) is 0 Å². The van der Waals surface area contributed by atoms with Crippen LogP contribution < -0.4 is 21.3 Å². The van der Waals surface area contributed by atoms with Crippen LogP contribution in [0.1, 0.15) is 31.9 Å². The molecule has 24 heavy (non-hydrogen) atoms. The molecule has 7 heteroatoms. The normalized spacial score (nSPS) is 13.6. The van der Waals surface area contributed by atoms with E-state index < -0.39 is 5.60 Å². The summed E-state index contributed by atoms with van der Waals surface area (Å²) >= 11 is 5.16. The zero-order valence-electron chi connectivity index (χ0n) is 14.8. The molecule has 132 valence electrons. The Morgan fingerprint density at radius 1 is 1.42 bits per heavy atom. The van der Waals surface area contributed by atoms with Crippen LogP contribution in [0.25, 0.3) is 0 Å². The molecule has 0 aliphatic carbocycles. The maximum absolute atomic E-state index is 12.5. The van der Waals surface area contributed by atoms with E-state index in [0.29, 0.717) is 19.6 Å². The molecule has 0 aromatic heterocycles. The molecule has 0 spiro atoms. The third-order valence-corrected chi connectivity index (χ3v) is 4.06. The second-order valence-corrected chi connectivity index (χ2v) is 7.31. The van der Waals surface area contributed by atoms with Gasteiger partial charge < -0.3 is 21.1 Å². The number of benzene rings is 1. The molecule has 0 fully saturated rings. The van der Waals surface area contributed by atoms with Crippen molar-refractivity contribution >= 4 is 34.8 Å². The molecule has 0 unspecified atom stereocenters. The largest absolute Gasteiger partial charge is 0.443 e. The van der Waals surface area contributed by atoms with Crippen LogP contribution in [0, 0.1) is 6.92 Å². The van der Waals surface area contributed by atoms with Crippen LogP contribution in [-0.4, -0.2) is 36.4 Å². The van der Waals surface area contributed by atoms with E-state index in [1.807, 2.05) is 44.7 Å². The van der Waals surface area contributed by atoms with Crippen molar-refractivity contribution in [2.24, 2.45) is 11.5 Å². The maximum Gasteiger partial charge on any atom is 0.414 e. The number of rotatable bonds is 3. The van der Waals surface area contributed by atoms with Crippen LogP contribution in [0.3, 0.4) is 0 Å². The van der Waals surface area contributed by atoms with Crippen molar-refractivity contribution in [3.63, 3.8) is 0 Å². The van der Waals surface area contributed by atoms with Crippen molar-refractivity contribution < 1.29 is 9.53 Å². The fourth-order valence-corrected chi connectivity index (χ4v) is 3.12. The SMILES string of the molecule is Cc1ccc(N(CCN)C(N)=S)c2c1N(C(=O)OC(C)(C)C)CC2. The van der Waals surface area contributed by atoms with Crippen molar-refractivity contribution in [2.75, 3.05) is 29.4 Å². The minimum Gasteiger partial charge on any atom is -0.443 e. The highest BCUT2D eigenvalue weighted by atomic mass is 32.1. The van der Waals surface area contributed by atoms with Gasteiger partial charge in [-0.3, -0.25) is 4.90 Å². The van der Waals surface area contributed by atoms with E-state index in [1.165, 1.54) is 0 Å². The van der Waals surface area contributed by atoms with Gasteiger partial charge in [-0.05, 0) is 58.0 Å². The number of nitrogens with zero attached hydrogens (tertiary/aromatic N) is 2. The van der Waals surface area contributed by atoms with E-state index in [4.69, 9.17) is 28.4 Å². The van der Waals surface area contributed by atoms with Crippen LogP contribution >= 0.6 is 12.2 Å². The summed E-state index contributed by atoms with van der Waals surface area (Å²) in [5, 5.41) is 0.280. The summed E-state index contributed by atoms with van der Waals surface area (Å²) in [7, 11) is 0. The third kappa shape index (κ3) is 3.79. The molecular weight excluding hydrogens is 324 g/mol. The number of anilines is 2. The predicted octanol–water partition coefficient (Wildman–Crippen LogP) is 2.30. The molecule has 4 N–H and O–H groups in total. The molecule has 2 rings (SSSR count). The van der Waals surface area contributed by atoms with Gasteiger partial charge in [-0.1, -0.05) is 6.07 Å². The molecule has 1 aromatic rings. The lowest BCUT2D eigenvalue weighted by molar-refractivity contribution is 0.0584. The fraction of sp³-hybridized carbons (Fsp3) is 0.529. The first-order valence-corrected chi connectivity index (χ1v) is 8.46. The molecule has 0 radical (unpaired) electrons. The van der Waals surface area contributed by atoms with Gasteiger partial charge in [0.2, 0.25) is 0 Å². The first-order chi connectivity index (χ1) is 11.2. The summed E-state index contributed by atoms with van der Waals surface area (Å²) in [5.74, 6) is 0. The minimum atomic E-state index is -0.532. The number of aryl methyl sites for hydroxylation is 1. The van der Waals surface area contributed by atoms with Gasteiger partial charge in [-0.2, -0.15) is 0 Å². The van der Waals surface area contributed by atoms with Gasteiger partial charge in [0.15, 0.2) is 5.11 Å². The summed E-state index contributed by atoms with van der Waals surface area (Å²) < 4.78 is 5.53. The highest BCUT2D eigenvalue weighted by molar-refractivity contribution is 7.80. The van der Waals surface area contributed by atoms with Gasteiger partial charge >= 0.3 is 6.09 Å². The molecule has 0 atom stereocenters. The van der Waals surface area contributed by atoms with Crippen LogP contribution in [-0.2, 0) is 11.2 Å². The van der Waals surface area contributed by atoms with E-state index in [1.54, 1.807) is 4.90 Å². The molecule has 1 amide bonds. The van der Waals surface area contributed by atoms with Crippen LogP contribution in [0.15, 0.2) is 12.1 Å². The average molecular weight is 350 g/mol. The van der Waals surface area contributed by atoms with Crippen LogP contribution in [0.5, 0.6) is 0 Å². The monoisotopic (exact) mass is 350 g/mol. The number of carbonyl (C=O) groups excluding carboxylic acids is 1. The number of thiocarbonyl (C=S) groups is 1. The standard InChI is InChI=1S/C17H26N4O2S/c1-11-5-6-13(20(10-8-18)15(19)24)12-7-9-21(14(11)12)16(22)23-17(2,3)4/h5-6H,7-10,18H2,1-4H3,(H2,19,24). The number of ether oxygens (including phenoxy) is 1. The second-order valence-electron chi connectivity index (χ2n) is 6.89. The van der Waals surface area contributed by atoms with Gasteiger partial charge in [-0.15, -0.1) is 0 Å². The Morgan fingerprint density at radius 2 is 2.08 bits per heavy atom. The molecule has 1 aliphatic rings. The quantitative estimate of drug-likeness (QED) is 0.814. The number of amides is 1. The van der Waals surface area contributed by atoms with E-state index in [0.717, 1.165) is 28.9 Å². The highest BCUT2D eigenvalue weighted by Gasteiger charge is 2.32. The van der Waals surface area contributed by atoms with Gasteiger partial charge in [0, 0.05) is 30.9 Å². The van der Waals surface area contributed by atoms with E-state index in [-0.39, 0.29) is 11.2 Å². The molecule has 0 bridgehead atoms. The number of carbonyl (C=O) groups is 1. The third-order valence-electron chi connectivity index (χ3n) is 3.84. The predicted molar refractivity (Wildman–Crippen MR) is 102 cm³/mol. The molecule has 1 aliphatic heterocycles. The second kappa shape index (κ2) is 6.94. The van der Waals surface area contributed by atoms with E-state index in [9.17, 15) is 4.79 Å². The van der Waals surface area contributed by atoms with Gasteiger partial charge in [-0.25, -0.2) is 4.79 Å². The van der Waals surface area contributed by atoms with Crippen molar-refractivity contribution in [1.82, 2.24) is 0 Å². The van der Waals surface area contributed by atoms with Crippen LogP contribution in [0.4, 0.5) is 16.2 Å². The van der Waals surface area contributed by atoms with Gasteiger partial charge in [0.05, 0.1) is 5.69 Å². The highest BCUT2D eigenvalue weighted by Crippen LogP contribution is 2.39. The zero-order valence-corrected chi connectivity index (χ0v) is 15.6. The summed E-state index contributed by atoms with van der Waals surface area (Å²) in [6.07, 6.45) is 0.400. The first kappa shape index (κ1) is 18.5. The van der Waals surface area contributed by atoms with Crippen LogP contribution in [0.2, 0.25) is 0 Å². The van der Waals surface area contributed by atoms with Gasteiger partial charge in [0.25, 0.3) is 0 Å². The van der Waals surface area contributed by atoms with Crippen molar-refractivity contribution in [3.05, 3.63) is 23.3 Å². The first-order valence-electron chi connectivity index (χ1n) is 8.05. The van der Waals surface area contributed by atoms with Crippen molar-refractivity contribution in [2.45, 2.75) is 39.7 Å². The summed E-state index contributed by atoms with van der Waals surface area (Å²) in [6, 6.07) is 3.96. The lowest BCUT2D eigenvalue weighted by atomic mass is 10.0. The number of fused-ring (bicyclic) bond motifs is 1. The number of hydrogen-bond acceptors (Lipinski definition) is 4.